The van der Waals surface area contributed by atoms with Crippen molar-refractivity contribution in [1.82, 2.24) is 26.3 Å². The number of aryl methyl sites for hydroxylation is 1. The number of amides is 2. The first-order valence-electron chi connectivity index (χ1n) is 17.8. The molecular weight excluding hydrogens is 697 g/mol. The molecule has 52 heavy (non-hydrogen) atoms. The van der Waals surface area contributed by atoms with Crippen LogP contribution in [0.2, 0.25) is 10.0 Å². The van der Waals surface area contributed by atoms with Crippen LogP contribution in [0.25, 0.3) is 34.0 Å². The minimum atomic E-state index is 0.105. The highest BCUT2D eigenvalue weighted by molar-refractivity contribution is 6.38. The van der Waals surface area contributed by atoms with E-state index < -0.39 is 0 Å². The second-order valence-corrected chi connectivity index (χ2v) is 14.4. The van der Waals surface area contributed by atoms with Gasteiger partial charge < -0.3 is 30.7 Å². The summed E-state index contributed by atoms with van der Waals surface area (Å²) < 4.78 is 11.5. The third-order valence-electron chi connectivity index (χ3n) is 10.2. The molecule has 1 aromatic heterocycles. The van der Waals surface area contributed by atoms with Crippen LogP contribution in [0.15, 0.2) is 60.7 Å². The van der Waals surface area contributed by atoms with E-state index in [4.69, 9.17) is 37.7 Å². The lowest BCUT2D eigenvalue weighted by Crippen LogP contribution is -2.35. The van der Waals surface area contributed by atoms with E-state index in [1.807, 2.05) is 48.5 Å². The summed E-state index contributed by atoms with van der Waals surface area (Å²) in [5.41, 5.74) is 9.74. The molecule has 2 atom stereocenters. The Hall–Kier alpha value is -4.41. The standard InChI is InChI=1S/C41H43Cl2N5O4/c1-51-36-19-34-24(9-10-25(34)18-28(36)21-45-23-30-13-16-38(50)47-30)17-26-5-3-6-31(39(26)42)32-7-4-8-33(40(32)43)35-14-11-27(41(48-35)52-2)20-44-22-29-12-15-37(49)46-29/h3-8,11,14,17-19,29-30,44-45H,9-10,12-13,15-16,20-23H2,1-2H3,(H,46,49)(H,47,50)/b24-17-/t29-,30-/m1/s1. The molecule has 9 nitrogen and oxygen atoms in total. The first kappa shape index (κ1) is 36.0. The SMILES string of the molecule is COc1cc2c(cc1CNC[C@H]1CCC(=O)N1)CC/C2=C/c1cccc(-c2cccc(-c3ccc(CNC[C@H]4CCC(=O)N4)c(OC)n3)c2Cl)c1Cl. The van der Waals surface area contributed by atoms with Crippen LogP contribution < -0.4 is 30.7 Å². The number of hydrogen-bond acceptors (Lipinski definition) is 7. The minimum Gasteiger partial charge on any atom is -0.496 e. The quantitative estimate of drug-likeness (QED) is 0.117. The molecule has 0 bridgehead atoms. The van der Waals surface area contributed by atoms with E-state index in [0.717, 1.165) is 71.4 Å². The van der Waals surface area contributed by atoms with Crippen LogP contribution in [0.1, 0.15) is 59.9 Å². The van der Waals surface area contributed by atoms with Gasteiger partial charge in [-0.1, -0.05) is 71.7 Å². The Balaban J connectivity index is 1.09. The van der Waals surface area contributed by atoms with Crippen molar-refractivity contribution in [3.05, 3.63) is 98.5 Å². The fourth-order valence-corrected chi connectivity index (χ4v) is 8.02. The molecule has 2 aliphatic heterocycles. The molecule has 3 aromatic carbocycles. The van der Waals surface area contributed by atoms with E-state index in [1.165, 1.54) is 16.7 Å². The lowest BCUT2D eigenvalue weighted by Gasteiger charge is -2.16. The monoisotopic (exact) mass is 739 g/mol. The molecule has 0 saturated carbocycles. The Kier molecular flexibility index (Phi) is 11.1. The number of benzene rings is 3. The van der Waals surface area contributed by atoms with Gasteiger partial charge in [0, 0.05) is 78.9 Å². The van der Waals surface area contributed by atoms with Crippen molar-refractivity contribution in [2.24, 2.45) is 0 Å². The molecule has 3 aliphatic rings. The smallest absolute Gasteiger partial charge is 0.220 e. The van der Waals surface area contributed by atoms with Crippen molar-refractivity contribution in [3.8, 4) is 34.0 Å². The number of fused-ring (bicyclic) bond motifs is 1. The number of halogens is 2. The fraction of sp³-hybridized carbons (Fsp3) is 0.341. The zero-order valence-corrected chi connectivity index (χ0v) is 30.9. The number of allylic oxidation sites excluding steroid dienone is 1. The molecule has 2 amide bonds. The van der Waals surface area contributed by atoms with Gasteiger partial charge >= 0.3 is 0 Å². The average molecular weight is 741 g/mol. The summed E-state index contributed by atoms with van der Waals surface area (Å²) in [6.07, 6.45) is 6.90. The average Bonchev–Trinajstić information content (AvgIpc) is 3.88. The predicted octanol–water partition coefficient (Wildman–Crippen LogP) is 6.96. The maximum atomic E-state index is 11.6. The molecule has 270 valence electrons. The van der Waals surface area contributed by atoms with E-state index in [2.05, 4.69) is 39.5 Å². The highest BCUT2D eigenvalue weighted by Gasteiger charge is 2.24. The summed E-state index contributed by atoms with van der Waals surface area (Å²) >= 11 is 14.3. The zero-order valence-electron chi connectivity index (χ0n) is 29.4. The van der Waals surface area contributed by atoms with E-state index >= 15 is 0 Å². The number of carbonyl (C=O) groups excluding carboxylic acids is 2. The predicted molar refractivity (Wildman–Crippen MR) is 207 cm³/mol. The third-order valence-corrected chi connectivity index (χ3v) is 11.0. The molecule has 11 heteroatoms. The summed E-state index contributed by atoms with van der Waals surface area (Å²) in [6.45, 7) is 2.65. The Morgan fingerprint density at radius 2 is 1.40 bits per heavy atom. The number of carbonyl (C=O) groups is 2. The lowest BCUT2D eigenvalue weighted by molar-refractivity contribution is -0.120. The number of methoxy groups -OCH3 is 2. The van der Waals surface area contributed by atoms with Gasteiger partial charge in [-0.2, -0.15) is 0 Å². The Labute approximate surface area is 314 Å². The normalized spacial score (nSPS) is 18.8. The van der Waals surface area contributed by atoms with Crippen molar-refractivity contribution in [2.45, 2.75) is 63.7 Å². The zero-order chi connectivity index (χ0) is 36.2. The molecule has 0 spiro atoms. The molecule has 4 aromatic rings. The molecule has 0 radical (unpaired) electrons. The Bertz CT molecular complexity index is 2030. The number of hydrogen-bond donors (Lipinski definition) is 4. The van der Waals surface area contributed by atoms with Gasteiger partial charge in [-0.05, 0) is 66.2 Å². The summed E-state index contributed by atoms with van der Waals surface area (Å²) in [7, 11) is 3.32. The number of ether oxygens (including phenoxy) is 2. The molecule has 2 fully saturated rings. The highest BCUT2D eigenvalue weighted by Crippen LogP contribution is 2.43. The van der Waals surface area contributed by atoms with Gasteiger partial charge in [0.25, 0.3) is 0 Å². The first-order valence-corrected chi connectivity index (χ1v) is 18.6. The lowest BCUT2D eigenvalue weighted by atomic mass is 9.97. The van der Waals surface area contributed by atoms with Gasteiger partial charge in [0.15, 0.2) is 0 Å². The molecular formula is C41H43Cl2N5O4. The molecule has 0 unspecified atom stereocenters. The van der Waals surface area contributed by atoms with Crippen LogP contribution in [0.5, 0.6) is 11.6 Å². The van der Waals surface area contributed by atoms with E-state index in [0.29, 0.717) is 54.1 Å². The van der Waals surface area contributed by atoms with E-state index in [-0.39, 0.29) is 23.9 Å². The van der Waals surface area contributed by atoms with Gasteiger partial charge in [0.05, 0.1) is 30.0 Å². The maximum absolute atomic E-state index is 11.6. The van der Waals surface area contributed by atoms with Gasteiger partial charge in [-0.3, -0.25) is 9.59 Å². The Morgan fingerprint density at radius 1 is 0.750 bits per heavy atom. The number of aromatic nitrogens is 1. The second kappa shape index (κ2) is 16.1. The van der Waals surface area contributed by atoms with Crippen molar-refractivity contribution in [3.63, 3.8) is 0 Å². The number of pyridine rings is 1. The van der Waals surface area contributed by atoms with Crippen molar-refractivity contribution in [2.75, 3.05) is 27.3 Å². The molecule has 2 saturated heterocycles. The van der Waals surface area contributed by atoms with E-state index in [9.17, 15) is 9.59 Å². The van der Waals surface area contributed by atoms with Gasteiger partial charge in [-0.25, -0.2) is 4.98 Å². The minimum absolute atomic E-state index is 0.105. The number of nitrogens with one attached hydrogen (secondary N) is 4. The van der Waals surface area contributed by atoms with Crippen LogP contribution in [0.3, 0.4) is 0 Å². The largest absolute Gasteiger partial charge is 0.496 e. The van der Waals surface area contributed by atoms with Gasteiger partial charge in [0.1, 0.15) is 5.75 Å². The van der Waals surface area contributed by atoms with Crippen LogP contribution in [-0.4, -0.2) is 56.2 Å². The van der Waals surface area contributed by atoms with Crippen LogP contribution in [0, 0.1) is 0 Å². The Morgan fingerprint density at radius 3 is 2.06 bits per heavy atom. The van der Waals surface area contributed by atoms with Crippen molar-refractivity contribution >= 4 is 46.7 Å². The van der Waals surface area contributed by atoms with E-state index in [1.54, 1.807) is 14.2 Å². The van der Waals surface area contributed by atoms with Crippen molar-refractivity contribution in [1.29, 1.82) is 0 Å². The third kappa shape index (κ3) is 7.83. The first-order chi connectivity index (χ1) is 25.3. The van der Waals surface area contributed by atoms with Crippen LogP contribution in [0.4, 0.5) is 0 Å². The topological polar surface area (TPSA) is 114 Å². The molecule has 3 heterocycles. The van der Waals surface area contributed by atoms with Crippen LogP contribution >= 0.6 is 23.2 Å². The molecule has 1 aliphatic carbocycles. The second-order valence-electron chi connectivity index (χ2n) is 13.6. The van der Waals surface area contributed by atoms with Crippen molar-refractivity contribution < 1.29 is 19.1 Å². The maximum Gasteiger partial charge on any atom is 0.220 e. The van der Waals surface area contributed by atoms with Gasteiger partial charge in [0.2, 0.25) is 17.7 Å². The number of nitrogens with zero attached hydrogens (tertiary/aromatic N) is 1. The fourth-order valence-electron chi connectivity index (χ4n) is 7.41. The number of rotatable bonds is 13. The summed E-state index contributed by atoms with van der Waals surface area (Å²) in [5, 5.41) is 14.1. The van der Waals surface area contributed by atoms with Crippen LogP contribution in [-0.2, 0) is 29.1 Å². The summed E-state index contributed by atoms with van der Waals surface area (Å²) in [5.74, 6) is 1.59. The molecule has 7 rings (SSSR count). The summed E-state index contributed by atoms with van der Waals surface area (Å²) in [6, 6.07) is 20.6. The van der Waals surface area contributed by atoms with Gasteiger partial charge in [-0.15, -0.1) is 0 Å². The summed E-state index contributed by atoms with van der Waals surface area (Å²) in [4.78, 5) is 27.9. The highest BCUT2D eigenvalue weighted by atomic mass is 35.5. The molecule has 4 N–H and O–H groups in total.